The van der Waals surface area contributed by atoms with Gasteiger partial charge in [-0.05, 0) is 53.3 Å². The molecule has 0 spiro atoms. The molecule has 2 aromatic heterocycles. The van der Waals surface area contributed by atoms with Crippen molar-refractivity contribution in [1.29, 1.82) is 0 Å². The Balaban J connectivity index is 1.76. The average molecular weight is 502 g/mol. The van der Waals surface area contributed by atoms with Gasteiger partial charge in [-0.2, -0.15) is 0 Å². The van der Waals surface area contributed by atoms with E-state index in [1.807, 2.05) is 53.3 Å². The summed E-state index contributed by atoms with van der Waals surface area (Å²) < 4.78 is 2.24. The number of anilines is 2. The lowest BCUT2D eigenvalue weighted by atomic mass is 9.69. The first-order valence-corrected chi connectivity index (χ1v) is 11.3. The van der Waals surface area contributed by atoms with Gasteiger partial charge >= 0.3 is 21.5 Å². The highest BCUT2D eigenvalue weighted by Gasteiger charge is 2.27. The van der Waals surface area contributed by atoms with Gasteiger partial charge in [-0.1, -0.05) is 30.3 Å². The van der Waals surface area contributed by atoms with Gasteiger partial charge in [0.2, 0.25) is 0 Å². The first-order valence-electron chi connectivity index (χ1n) is 10.5. The third kappa shape index (κ3) is 4.76. The molecule has 0 saturated carbocycles. The van der Waals surface area contributed by atoms with E-state index in [4.69, 9.17) is 0 Å². The quantitative estimate of drug-likeness (QED) is 0.283. The van der Waals surface area contributed by atoms with Crippen molar-refractivity contribution in [2.75, 3.05) is 9.53 Å². The van der Waals surface area contributed by atoms with Crippen LogP contribution in [0.15, 0.2) is 65.4 Å². The van der Waals surface area contributed by atoms with E-state index in [2.05, 4.69) is 25.9 Å². The molecule has 4 aromatic rings. The first kappa shape index (κ1) is 23.3. The molecule has 0 aliphatic carbocycles. The fraction of sp³-hybridized carbons (Fsp3) is 0.136. The molecule has 0 atom stereocenters. The monoisotopic (exact) mass is 501 g/mol. The highest BCUT2D eigenvalue weighted by molar-refractivity contribution is 9.10. The van der Waals surface area contributed by atoms with E-state index in [0.717, 1.165) is 43.6 Å². The maximum Gasteiger partial charge on any atom is 0.399 e. The molecule has 0 aliphatic heterocycles. The van der Waals surface area contributed by atoms with E-state index in [1.54, 1.807) is 26.0 Å². The summed E-state index contributed by atoms with van der Waals surface area (Å²) >= 11 is 3.57. The maximum absolute atomic E-state index is 11.4. The standard InChI is InChI=1S/C22H21B3BrN4O3/c1-24(32)30(25(2)33)22-16-8-7-15(11-18(16)19(26)12-28-22)13-29(23-14-31)21-9-10-27-20-6-4-3-5-17(20)21/h3-12,14,32-33H,13H2,1-2H3. The van der Waals surface area contributed by atoms with Crippen LogP contribution in [0.25, 0.3) is 21.7 Å². The van der Waals surface area contributed by atoms with Crippen LogP contribution in [0.1, 0.15) is 5.56 Å². The average Bonchev–Trinajstić information content (AvgIpc) is 2.80. The van der Waals surface area contributed by atoms with E-state index in [1.165, 1.54) is 12.1 Å². The molecule has 0 aliphatic rings. The summed E-state index contributed by atoms with van der Waals surface area (Å²) in [5.41, 5.74) is 2.71. The van der Waals surface area contributed by atoms with Crippen molar-refractivity contribution < 1.29 is 14.8 Å². The number of benzene rings is 2. The molecule has 0 fully saturated rings. The molecule has 163 valence electrons. The van der Waals surface area contributed by atoms with Crippen LogP contribution < -0.4 is 9.53 Å². The molecule has 0 unspecified atom stereocenters. The highest BCUT2D eigenvalue weighted by atomic mass is 79.9. The molecule has 2 N–H and O–H groups in total. The van der Waals surface area contributed by atoms with Crippen LogP contribution in [0.4, 0.5) is 11.5 Å². The van der Waals surface area contributed by atoms with Crippen molar-refractivity contribution in [3.8, 4) is 0 Å². The smallest absolute Gasteiger partial charge is 0.399 e. The maximum atomic E-state index is 11.4. The predicted molar refractivity (Wildman–Crippen MR) is 140 cm³/mol. The Kier molecular flexibility index (Phi) is 7.02. The number of para-hydroxylation sites is 1. The summed E-state index contributed by atoms with van der Waals surface area (Å²) in [6.07, 6.45) is 4.17. The molecule has 2 heterocycles. The number of hydrogen-bond donors (Lipinski definition) is 2. The van der Waals surface area contributed by atoms with Crippen molar-refractivity contribution in [3.05, 3.63) is 71.0 Å². The van der Waals surface area contributed by atoms with Gasteiger partial charge in [-0.25, -0.2) is 4.98 Å². The number of carbonyl (C=O) groups is 1. The molecule has 7 nitrogen and oxygen atoms in total. The molecule has 4 rings (SSSR count). The number of fused-ring (bicyclic) bond motifs is 2. The highest BCUT2D eigenvalue weighted by Crippen LogP contribution is 2.33. The van der Waals surface area contributed by atoms with Gasteiger partial charge in [0, 0.05) is 45.3 Å². The molecule has 2 aromatic carbocycles. The summed E-state index contributed by atoms with van der Waals surface area (Å²) in [6, 6.07) is 15.6. The summed E-state index contributed by atoms with van der Waals surface area (Å²) in [5.74, 6) is 0.487. The Hall–Kier alpha value is -2.88. The fourth-order valence-corrected chi connectivity index (χ4v) is 4.46. The molecule has 0 amide bonds. The van der Waals surface area contributed by atoms with Gasteiger partial charge in [-0.3, -0.25) is 4.98 Å². The Labute approximate surface area is 202 Å². The summed E-state index contributed by atoms with van der Waals surface area (Å²) in [4.78, 5) is 22.2. The van der Waals surface area contributed by atoms with E-state index in [-0.39, 0.29) is 0 Å². The molecule has 0 bridgehead atoms. The largest absolute Gasteiger partial charge is 0.433 e. The van der Waals surface area contributed by atoms with E-state index in [0.29, 0.717) is 12.4 Å². The van der Waals surface area contributed by atoms with E-state index in [9.17, 15) is 14.8 Å². The number of carbonyl (C=O) groups excluding carboxylic acids is 1. The predicted octanol–water partition coefficient (Wildman–Crippen LogP) is 3.39. The van der Waals surface area contributed by atoms with Crippen molar-refractivity contribution in [2.24, 2.45) is 0 Å². The SMILES string of the molecule is CB(O)N(B(C)O)c1ncc(Br)c2cc(CN([B]C=O)c3ccnc4ccccc34)ccc12. The van der Waals surface area contributed by atoms with Crippen molar-refractivity contribution in [3.63, 3.8) is 0 Å². The van der Waals surface area contributed by atoms with Crippen LogP contribution in [-0.4, -0.2) is 47.7 Å². The topological polar surface area (TPSA) is 89.8 Å². The second-order valence-corrected chi connectivity index (χ2v) is 8.60. The number of aromatic nitrogens is 2. The summed E-state index contributed by atoms with van der Waals surface area (Å²) in [5, 5.41) is 23.0. The van der Waals surface area contributed by atoms with Crippen molar-refractivity contribution in [1.82, 2.24) is 9.97 Å². The number of nitrogens with zero attached hydrogens (tertiary/aromatic N) is 4. The molecule has 0 saturated heterocycles. The zero-order valence-corrected chi connectivity index (χ0v) is 19.8. The van der Waals surface area contributed by atoms with Gasteiger partial charge < -0.3 is 24.4 Å². The molecule has 33 heavy (non-hydrogen) atoms. The van der Waals surface area contributed by atoms with Gasteiger partial charge in [-0.15, -0.1) is 0 Å². The van der Waals surface area contributed by atoms with Gasteiger partial charge in [0.05, 0.1) is 5.52 Å². The Bertz CT molecular complexity index is 1300. The first-order chi connectivity index (χ1) is 15.9. The number of halogens is 1. The van der Waals surface area contributed by atoms with E-state index >= 15 is 0 Å². The Morgan fingerprint density at radius 1 is 1.03 bits per heavy atom. The second-order valence-electron chi connectivity index (χ2n) is 7.74. The van der Waals surface area contributed by atoms with Crippen LogP contribution in [0.2, 0.25) is 13.6 Å². The molecular formula is C22H21B3BrN4O3. The number of pyridine rings is 2. The lowest BCUT2D eigenvalue weighted by Crippen LogP contribution is -2.47. The fourth-order valence-electron chi connectivity index (χ4n) is 4.03. The lowest BCUT2D eigenvalue weighted by molar-refractivity contribution is 0.554. The van der Waals surface area contributed by atoms with Gasteiger partial charge in [0.1, 0.15) is 12.0 Å². The summed E-state index contributed by atoms with van der Waals surface area (Å²) in [6.45, 7) is 3.63. The molecule has 1 radical (unpaired) electrons. The van der Waals surface area contributed by atoms with Gasteiger partial charge in [0.15, 0.2) is 0 Å². The van der Waals surface area contributed by atoms with E-state index < -0.39 is 14.1 Å². The summed E-state index contributed by atoms with van der Waals surface area (Å²) in [7, 11) is -0.319. The number of hydrogen-bond acceptors (Lipinski definition) is 7. The van der Waals surface area contributed by atoms with Crippen LogP contribution in [0.5, 0.6) is 0 Å². The van der Waals surface area contributed by atoms with Gasteiger partial charge in [0.25, 0.3) is 0 Å². The minimum Gasteiger partial charge on any atom is -0.433 e. The molecular weight excluding hydrogens is 481 g/mol. The van der Waals surface area contributed by atoms with Crippen molar-refractivity contribution in [2.45, 2.75) is 20.2 Å². The Morgan fingerprint density at radius 2 is 1.79 bits per heavy atom. The molecule has 11 heteroatoms. The van der Waals surface area contributed by atoms with Crippen LogP contribution in [0, 0.1) is 0 Å². The third-order valence-electron chi connectivity index (χ3n) is 5.46. The van der Waals surface area contributed by atoms with Crippen molar-refractivity contribution >= 4 is 76.8 Å². The van der Waals surface area contributed by atoms with Crippen LogP contribution in [-0.2, 0) is 11.3 Å². The second kappa shape index (κ2) is 9.95. The number of rotatable bonds is 8. The zero-order chi connectivity index (χ0) is 23.5. The third-order valence-corrected chi connectivity index (χ3v) is 6.09. The minimum absolute atomic E-state index is 0.462. The van der Waals surface area contributed by atoms with Crippen LogP contribution >= 0.6 is 15.9 Å². The Morgan fingerprint density at radius 3 is 2.52 bits per heavy atom. The minimum atomic E-state index is -0.917. The zero-order valence-electron chi connectivity index (χ0n) is 18.3. The lowest BCUT2D eigenvalue weighted by Gasteiger charge is -2.27. The normalized spacial score (nSPS) is 10.8. The van der Waals surface area contributed by atoms with Crippen LogP contribution in [0.3, 0.4) is 0 Å².